The minimum Gasteiger partial charge on any atom is -0.466 e. The van der Waals surface area contributed by atoms with Crippen LogP contribution >= 0.6 is 0 Å². The van der Waals surface area contributed by atoms with E-state index in [1.807, 2.05) is 0 Å². The van der Waals surface area contributed by atoms with Gasteiger partial charge in [0.05, 0.1) is 6.61 Å². The lowest BCUT2D eigenvalue weighted by Gasteiger charge is -2.45. The third-order valence-corrected chi connectivity index (χ3v) is 3.38. The van der Waals surface area contributed by atoms with Gasteiger partial charge < -0.3 is 9.47 Å². The van der Waals surface area contributed by atoms with Crippen molar-refractivity contribution >= 4 is 11.9 Å². The number of esters is 2. The number of carbonyl (C=O) groups excluding carboxylic acids is 2. The van der Waals surface area contributed by atoms with Gasteiger partial charge in [0, 0.05) is 19.8 Å². The van der Waals surface area contributed by atoms with Gasteiger partial charge in [0.25, 0.3) is 0 Å². The van der Waals surface area contributed by atoms with E-state index in [0.29, 0.717) is 12.5 Å². The van der Waals surface area contributed by atoms with E-state index < -0.39 is 0 Å². The number of carbonyl (C=O) groups is 2. The van der Waals surface area contributed by atoms with Crippen molar-refractivity contribution in [1.29, 1.82) is 0 Å². The largest absolute Gasteiger partial charge is 0.466 e. The number of ether oxygens (including phenoxy) is 2. The van der Waals surface area contributed by atoms with Crippen molar-refractivity contribution in [2.45, 2.75) is 34.1 Å². The Labute approximate surface area is 108 Å². The highest BCUT2D eigenvalue weighted by Gasteiger charge is 2.43. The second-order valence-electron chi connectivity index (χ2n) is 5.05. The van der Waals surface area contributed by atoms with Crippen LogP contribution in [0.15, 0.2) is 17.4 Å². The fourth-order valence-corrected chi connectivity index (χ4v) is 1.93. The van der Waals surface area contributed by atoms with Gasteiger partial charge in [-0.05, 0) is 23.5 Å². The zero-order valence-corrected chi connectivity index (χ0v) is 11.4. The van der Waals surface area contributed by atoms with Crippen molar-refractivity contribution < 1.29 is 19.1 Å². The van der Waals surface area contributed by atoms with Crippen LogP contribution in [0.4, 0.5) is 0 Å². The maximum absolute atomic E-state index is 10.8. The number of hydrogen-bond donors (Lipinski definition) is 0. The zero-order chi connectivity index (χ0) is 13.8. The summed E-state index contributed by atoms with van der Waals surface area (Å²) < 4.78 is 9.82. The maximum Gasteiger partial charge on any atom is 0.302 e. The zero-order valence-electron chi connectivity index (χ0n) is 11.4. The van der Waals surface area contributed by atoms with E-state index in [9.17, 15) is 9.59 Å². The van der Waals surface area contributed by atoms with Crippen molar-refractivity contribution in [3.63, 3.8) is 0 Å². The fourth-order valence-electron chi connectivity index (χ4n) is 1.93. The van der Waals surface area contributed by atoms with Crippen LogP contribution in [0.5, 0.6) is 0 Å². The Hall–Kier alpha value is -1.54. The summed E-state index contributed by atoms with van der Waals surface area (Å²) in [7, 11) is 0. The van der Waals surface area contributed by atoms with E-state index in [0.717, 1.165) is 6.42 Å². The van der Waals surface area contributed by atoms with Crippen LogP contribution in [0.25, 0.3) is 0 Å². The highest BCUT2D eigenvalue weighted by atomic mass is 16.5. The fraction of sp³-hybridized carbons (Fsp3) is 0.643. The molecule has 0 saturated heterocycles. The van der Waals surface area contributed by atoms with E-state index in [4.69, 9.17) is 9.47 Å². The van der Waals surface area contributed by atoms with E-state index in [-0.39, 0.29) is 24.0 Å². The minimum absolute atomic E-state index is 0.0117. The molecule has 0 aromatic heterocycles. The molecular formula is C14H20O4. The average Bonchev–Trinajstić information content (AvgIpc) is 2.25. The molecule has 4 heteroatoms. The lowest BCUT2D eigenvalue weighted by atomic mass is 9.59. The molecule has 1 aliphatic carbocycles. The van der Waals surface area contributed by atoms with Gasteiger partial charge in [-0.15, -0.1) is 5.73 Å². The summed E-state index contributed by atoms with van der Waals surface area (Å²) >= 11 is 0. The van der Waals surface area contributed by atoms with Gasteiger partial charge in [0.1, 0.15) is 6.61 Å². The van der Waals surface area contributed by atoms with Crippen LogP contribution < -0.4 is 0 Å². The standard InChI is InChI=1S/C14H20O4/c1-10(15)17-7-5-6-12-8-13(14(12,3)4)9-18-11(2)16/h5,13H,7-9H2,1-4H3. The summed E-state index contributed by atoms with van der Waals surface area (Å²) in [5.41, 5.74) is 4.32. The van der Waals surface area contributed by atoms with Crippen LogP contribution in [0, 0.1) is 11.3 Å². The van der Waals surface area contributed by atoms with Gasteiger partial charge >= 0.3 is 11.9 Å². The van der Waals surface area contributed by atoms with Crippen LogP contribution in [0.2, 0.25) is 0 Å². The number of rotatable bonds is 4. The molecule has 0 aliphatic heterocycles. The number of hydrogen-bond acceptors (Lipinski definition) is 4. The predicted octanol–water partition coefficient (Wildman–Crippen LogP) is 2.24. The molecule has 0 aromatic rings. The summed E-state index contributed by atoms with van der Waals surface area (Å²) in [6.07, 6.45) is 2.59. The van der Waals surface area contributed by atoms with Crippen LogP contribution in [0.1, 0.15) is 34.1 Å². The molecule has 1 saturated carbocycles. The molecule has 1 rings (SSSR count). The highest BCUT2D eigenvalue weighted by Crippen LogP contribution is 2.50. The molecule has 100 valence electrons. The van der Waals surface area contributed by atoms with Gasteiger partial charge in [-0.2, -0.15) is 0 Å². The Kier molecular flexibility index (Phi) is 4.74. The smallest absolute Gasteiger partial charge is 0.302 e. The molecule has 0 N–H and O–H groups in total. The van der Waals surface area contributed by atoms with Gasteiger partial charge in [-0.3, -0.25) is 9.59 Å². The van der Waals surface area contributed by atoms with Crippen LogP contribution in [0.3, 0.4) is 0 Å². The molecule has 0 amide bonds. The average molecular weight is 252 g/mol. The quantitative estimate of drug-likeness (QED) is 0.569. The van der Waals surface area contributed by atoms with Crippen molar-refractivity contribution in [2.24, 2.45) is 11.3 Å². The Morgan fingerprint density at radius 2 is 1.94 bits per heavy atom. The first-order chi connectivity index (χ1) is 8.34. The third-order valence-electron chi connectivity index (χ3n) is 3.38. The van der Waals surface area contributed by atoms with E-state index in [2.05, 4.69) is 19.6 Å². The topological polar surface area (TPSA) is 52.6 Å². The van der Waals surface area contributed by atoms with Gasteiger partial charge in [0.2, 0.25) is 0 Å². The Balaban J connectivity index is 2.49. The first-order valence-corrected chi connectivity index (χ1v) is 6.05. The third kappa shape index (κ3) is 3.74. The SMILES string of the molecule is CC(=O)OCC=C=C1CC(COC(C)=O)C1(C)C. The molecule has 0 radical (unpaired) electrons. The van der Waals surface area contributed by atoms with E-state index in [1.165, 1.54) is 19.4 Å². The highest BCUT2D eigenvalue weighted by molar-refractivity contribution is 5.66. The normalized spacial score (nSPS) is 20.4. The maximum atomic E-state index is 10.8. The van der Waals surface area contributed by atoms with Crippen molar-refractivity contribution in [1.82, 2.24) is 0 Å². The van der Waals surface area contributed by atoms with Crippen LogP contribution in [-0.4, -0.2) is 25.2 Å². The van der Waals surface area contributed by atoms with Gasteiger partial charge in [0.15, 0.2) is 0 Å². The first kappa shape index (κ1) is 14.5. The molecule has 18 heavy (non-hydrogen) atoms. The molecule has 0 aromatic carbocycles. The Bertz CT molecular complexity index is 400. The van der Waals surface area contributed by atoms with Gasteiger partial charge in [-0.25, -0.2) is 0 Å². The Morgan fingerprint density at radius 1 is 1.33 bits per heavy atom. The molecule has 1 unspecified atom stereocenters. The summed E-state index contributed by atoms with van der Waals surface area (Å²) in [5, 5.41) is 0. The molecule has 0 spiro atoms. The molecule has 0 bridgehead atoms. The molecule has 4 nitrogen and oxygen atoms in total. The predicted molar refractivity (Wildman–Crippen MR) is 66.8 cm³/mol. The molecule has 1 fully saturated rings. The second kappa shape index (κ2) is 5.87. The molecule has 0 heterocycles. The molecule has 1 atom stereocenters. The first-order valence-electron chi connectivity index (χ1n) is 6.05. The summed E-state index contributed by atoms with van der Waals surface area (Å²) in [6, 6.07) is 0. The molecule has 1 aliphatic rings. The van der Waals surface area contributed by atoms with E-state index in [1.54, 1.807) is 6.08 Å². The lowest BCUT2D eigenvalue weighted by Crippen LogP contribution is -2.40. The summed E-state index contributed by atoms with van der Waals surface area (Å²) in [6.45, 7) is 7.71. The minimum atomic E-state index is -0.293. The summed E-state index contributed by atoms with van der Waals surface area (Å²) in [5.74, 6) is -0.196. The van der Waals surface area contributed by atoms with Crippen molar-refractivity contribution in [3.8, 4) is 0 Å². The van der Waals surface area contributed by atoms with E-state index >= 15 is 0 Å². The monoisotopic (exact) mass is 252 g/mol. The lowest BCUT2D eigenvalue weighted by molar-refractivity contribution is -0.144. The van der Waals surface area contributed by atoms with Crippen molar-refractivity contribution in [3.05, 3.63) is 17.4 Å². The van der Waals surface area contributed by atoms with Crippen molar-refractivity contribution in [2.75, 3.05) is 13.2 Å². The second-order valence-corrected chi connectivity index (χ2v) is 5.05. The molecular weight excluding hydrogens is 232 g/mol. The van der Waals surface area contributed by atoms with Crippen LogP contribution in [-0.2, 0) is 19.1 Å². The summed E-state index contributed by atoms with van der Waals surface area (Å²) in [4.78, 5) is 21.3. The Morgan fingerprint density at radius 3 is 2.44 bits per heavy atom. The van der Waals surface area contributed by atoms with Gasteiger partial charge in [-0.1, -0.05) is 13.8 Å².